The Labute approximate surface area is 163 Å². The van der Waals surface area contributed by atoms with Gasteiger partial charge in [-0.25, -0.2) is 0 Å². The van der Waals surface area contributed by atoms with E-state index in [-0.39, 0.29) is 34.8 Å². The molecule has 7 heteroatoms. The van der Waals surface area contributed by atoms with Crippen molar-refractivity contribution in [2.24, 2.45) is 4.03 Å². The van der Waals surface area contributed by atoms with E-state index in [1.165, 1.54) is 5.49 Å². The van der Waals surface area contributed by atoms with Crippen LogP contribution in [0.1, 0.15) is 41.5 Å². The van der Waals surface area contributed by atoms with Gasteiger partial charge in [-0.2, -0.15) is 10.9 Å². The smallest absolute Gasteiger partial charge is 0.595 e. The van der Waals surface area contributed by atoms with Gasteiger partial charge in [0.1, 0.15) is 0 Å². The van der Waals surface area contributed by atoms with Gasteiger partial charge < -0.3 is 15.8 Å². The molecule has 0 heterocycles. The molecule has 0 bridgehead atoms. The van der Waals surface area contributed by atoms with Crippen LogP contribution in [-0.2, 0) is 27.4 Å². The maximum Gasteiger partial charge on any atom is 2.00 e. The number of rotatable bonds is 5. The third kappa shape index (κ3) is 14.3. The molecule has 0 aromatic heterocycles. The van der Waals surface area contributed by atoms with Gasteiger partial charge in [0.15, 0.2) is 8.24 Å². The minimum Gasteiger partial charge on any atom is -0.595 e. The van der Waals surface area contributed by atoms with Gasteiger partial charge in [0, 0.05) is 7.92 Å². The first kappa shape index (κ1) is 29.2. The minimum absolute atomic E-state index is 0. The SMILES string of the molecule is CC(C)(C)[PH+](C/S(=N/[Si](C)(C)C)[N-][Si](C)(C)C)C(C)(C)C.[CH3-].[Ni+2]. The normalized spacial score (nSPS) is 15.2. The Morgan fingerprint density at radius 2 is 1.22 bits per heavy atom. The predicted octanol–water partition coefficient (Wildman–Crippen LogP) is 6.96. The average Bonchev–Trinajstić information content (AvgIpc) is 2.04. The fraction of sp³-hybridized carbons (Fsp3) is 0.938. The molecule has 0 aliphatic carbocycles. The van der Waals surface area contributed by atoms with Crippen LogP contribution in [0.2, 0.25) is 39.3 Å². The average molecular weight is 440 g/mol. The van der Waals surface area contributed by atoms with E-state index >= 15 is 0 Å². The van der Waals surface area contributed by atoms with E-state index in [4.69, 9.17) is 8.42 Å². The van der Waals surface area contributed by atoms with Crippen LogP contribution in [0, 0.1) is 7.43 Å². The van der Waals surface area contributed by atoms with E-state index < -0.39 is 24.4 Å². The van der Waals surface area contributed by atoms with Gasteiger partial charge in [0.25, 0.3) is 0 Å². The molecule has 0 aliphatic heterocycles. The van der Waals surface area contributed by atoms with Crippen LogP contribution in [-0.4, -0.2) is 32.3 Å². The summed E-state index contributed by atoms with van der Waals surface area (Å²) in [5.74, 6) is 0. The van der Waals surface area contributed by atoms with Crippen LogP contribution in [0.15, 0.2) is 4.03 Å². The van der Waals surface area contributed by atoms with E-state index in [0.29, 0.717) is 10.3 Å². The zero-order chi connectivity index (χ0) is 17.3. The first-order chi connectivity index (χ1) is 8.92. The molecule has 1 unspecified atom stereocenters. The summed E-state index contributed by atoms with van der Waals surface area (Å²) in [6.45, 7) is 28.5. The van der Waals surface area contributed by atoms with Crippen LogP contribution in [0.25, 0.3) is 4.39 Å². The van der Waals surface area contributed by atoms with E-state index in [1.54, 1.807) is 0 Å². The predicted molar refractivity (Wildman–Crippen MR) is 119 cm³/mol. The Kier molecular flexibility index (Phi) is 12.7. The molecule has 0 amide bonds. The van der Waals surface area contributed by atoms with Crippen molar-refractivity contribution in [3.63, 3.8) is 0 Å². The van der Waals surface area contributed by atoms with Gasteiger partial charge in [-0.3, -0.25) is 0 Å². The standard InChI is InChI=1S/C15H38N2PSSi2.CH3.Ni/c1-14(2,3)18(15(4,5)6)13-19(16-20(7,8)9)17-21(10,11)12;;/h13H2,1-12H3;1H3;/q2*-1;+2/p+1. The topological polar surface area (TPSA) is 26.5 Å². The molecule has 144 valence electrons. The fourth-order valence-corrected chi connectivity index (χ4v) is 16.4. The maximum atomic E-state index is 5.22. The van der Waals surface area contributed by atoms with Crippen molar-refractivity contribution < 1.29 is 16.5 Å². The zero-order valence-corrected chi connectivity index (χ0v) is 22.6. The Bertz CT molecular complexity index is 364. The van der Waals surface area contributed by atoms with Crippen LogP contribution >= 0.6 is 7.92 Å². The number of hydrogen-bond donors (Lipinski definition) is 0. The summed E-state index contributed by atoms with van der Waals surface area (Å²) >= 11 is 0. The summed E-state index contributed by atoms with van der Waals surface area (Å²) in [7, 11) is -3.46. The molecule has 0 aliphatic rings. The van der Waals surface area contributed by atoms with Crippen molar-refractivity contribution in [3.8, 4) is 0 Å². The molecule has 0 aromatic rings. The van der Waals surface area contributed by atoms with Crippen LogP contribution < -0.4 is 0 Å². The van der Waals surface area contributed by atoms with E-state index in [0.717, 1.165) is 0 Å². The Morgan fingerprint density at radius 3 is 1.43 bits per heavy atom. The van der Waals surface area contributed by atoms with Crippen molar-refractivity contribution >= 4 is 35.3 Å². The molecular formula is C16H42N2NiPSSi2+. The monoisotopic (exact) mass is 439 g/mol. The fourth-order valence-electron chi connectivity index (χ4n) is 2.40. The third-order valence-electron chi connectivity index (χ3n) is 2.84. The van der Waals surface area contributed by atoms with Crippen molar-refractivity contribution in [1.82, 2.24) is 0 Å². The molecule has 23 heavy (non-hydrogen) atoms. The molecule has 2 nitrogen and oxygen atoms in total. The molecule has 0 saturated carbocycles. The van der Waals surface area contributed by atoms with Crippen LogP contribution in [0.5, 0.6) is 0 Å². The number of nitrogens with zero attached hydrogens (tertiary/aromatic N) is 2. The van der Waals surface area contributed by atoms with Gasteiger partial charge in [0.2, 0.25) is 0 Å². The van der Waals surface area contributed by atoms with Gasteiger partial charge in [-0.05, 0) is 61.2 Å². The molecular weight excluding hydrogens is 398 g/mol. The Morgan fingerprint density at radius 1 is 0.870 bits per heavy atom. The quantitative estimate of drug-likeness (QED) is 0.251. The number of hydrogen-bond acceptors (Lipinski definition) is 1. The van der Waals surface area contributed by atoms with E-state index in [9.17, 15) is 0 Å². The first-order valence-corrected chi connectivity index (χ1v) is 17.9. The molecule has 0 aromatic carbocycles. The second-order valence-electron chi connectivity index (χ2n) is 9.99. The van der Waals surface area contributed by atoms with Gasteiger partial charge >= 0.3 is 16.5 Å². The van der Waals surface area contributed by atoms with Crippen molar-refractivity contribution in [2.45, 2.75) is 91.1 Å². The first-order valence-electron chi connectivity index (χ1n) is 7.95. The largest absolute Gasteiger partial charge is 2.00 e. The Balaban J connectivity index is -0.00000200. The molecule has 0 spiro atoms. The summed E-state index contributed by atoms with van der Waals surface area (Å²) in [6.07, 6.45) is 0. The van der Waals surface area contributed by atoms with E-state index in [1.807, 2.05) is 0 Å². The van der Waals surface area contributed by atoms with Crippen molar-refractivity contribution in [2.75, 3.05) is 5.49 Å². The zero-order valence-electron chi connectivity index (χ0n) is 17.8. The molecule has 0 saturated heterocycles. The molecule has 1 atom stereocenters. The summed E-state index contributed by atoms with van der Waals surface area (Å²) in [6, 6.07) is 0. The van der Waals surface area contributed by atoms with Gasteiger partial charge in [-0.15, -0.1) is 0 Å². The van der Waals surface area contributed by atoms with Crippen molar-refractivity contribution in [3.05, 3.63) is 11.8 Å². The molecule has 0 radical (unpaired) electrons. The summed E-state index contributed by atoms with van der Waals surface area (Å²) in [5.41, 5.74) is 1.23. The maximum absolute atomic E-state index is 5.22. The molecule has 0 fully saturated rings. The van der Waals surface area contributed by atoms with Crippen LogP contribution in [0.4, 0.5) is 0 Å². The summed E-state index contributed by atoms with van der Waals surface area (Å²) < 4.78 is 10.4. The second-order valence-corrected chi connectivity index (χ2v) is 25.9. The summed E-state index contributed by atoms with van der Waals surface area (Å²) in [4.78, 5) is 0. The molecule has 0 rings (SSSR count). The second kappa shape index (κ2) is 9.97. The van der Waals surface area contributed by atoms with Gasteiger partial charge in [-0.1, -0.05) is 27.9 Å². The Hall–Kier alpha value is 1.47. The van der Waals surface area contributed by atoms with Crippen molar-refractivity contribution in [1.29, 1.82) is 0 Å². The third-order valence-corrected chi connectivity index (χ3v) is 14.7. The van der Waals surface area contributed by atoms with E-state index in [2.05, 4.69) is 80.8 Å². The van der Waals surface area contributed by atoms with Crippen LogP contribution in [0.3, 0.4) is 0 Å². The molecule has 0 N–H and O–H groups in total. The summed E-state index contributed by atoms with van der Waals surface area (Å²) in [5, 5.41) is 0.802. The minimum atomic E-state index is -1.42. The van der Waals surface area contributed by atoms with Gasteiger partial charge in [0.05, 0.1) is 15.8 Å².